The minimum absolute atomic E-state index is 0.0470. The van der Waals surface area contributed by atoms with Crippen LogP contribution in [0.4, 0.5) is 13.2 Å². The zero-order valence-electron chi connectivity index (χ0n) is 42.1. The van der Waals surface area contributed by atoms with Crippen LogP contribution in [0, 0.1) is 41.4 Å². The number of esters is 6. The Morgan fingerprint density at radius 3 is 1.67 bits per heavy atom. The lowest BCUT2D eigenvalue weighted by molar-refractivity contribution is -0.207. The molecule has 70 heavy (non-hydrogen) atoms. The van der Waals surface area contributed by atoms with Crippen molar-refractivity contribution in [3.8, 4) is 5.75 Å². The number of ether oxygens (including phenoxy) is 6. The van der Waals surface area contributed by atoms with Gasteiger partial charge in [0.15, 0.2) is 6.61 Å². The van der Waals surface area contributed by atoms with Crippen molar-refractivity contribution < 1.29 is 70.4 Å². The highest BCUT2D eigenvalue weighted by atomic mass is 19.4. The van der Waals surface area contributed by atoms with Crippen molar-refractivity contribution in [2.75, 3.05) is 6.61 Å². The van der Waals surface area contributed by atoms with Gasteiger partial charge in [-0.2, -0.15) is 13.2 Å². The van der Waals surface area contributed by atoms with Crippen molar-refractivity contribution in [1.29, 1.82) is 0 Å². The van der Waals surface area contributed by atoms with Crippen molar-refractivity contribution >= 4 is 41.9 Å². The van der Waals surface area contributed by atoms with Gasteiger partial charge < -0.3 is 28.4 Å². The molecule has 0 N–H and O–H groups in total. The number of carbonyl (C=O) groups is 6. The fourth-order valence-corrected chi connectivity index (χ4v) is 11.3. The van der Waals surface area contributed by atoms with Crippen LogP contribution in [0.5, 0.6) is 5.75 Å². The lowest BCUT2D eigenvalue weighted by atomic mass is 9.49. The first-order chi connectivity index (χ1) is 32.8. The molecule has 9 rings (SSSR count). The van der Waals surface area contributed by atoms with Crippen LogP contribution >= 0.6 is 0 Å². The molecule has 1 heterocycles. The summed E-state index contributed by atoms with van der Waals surface area (Å²) in [4.78, 5) is 67.2. The maximum absolute atomic E-state index is 12.0. The Balaban J connectivity index is 0.000000193. The first kappa shape index (κ1) is 57.1. The number of rotatable bonds is 12. The second-order valence-electron chi connectivity index (χ2n) is 20.1. The standard InChI is InChI=1S/C16H24O2.C12H14O4.C11H18O2.C10H10O2.C6H7F3O2/c1-4-16(18-15(17)10(2)3)13-6-11-5-12(8-13)9-14(16)7-11;1-5(2)11(13)15-9-6-3-7-8(4-6)12(14)16-10(7)9;1-4-11(7-5-6-8-11)13-10(12)9(2)3;1-3-9-4-6-10(7-5-9)12-8(2)11;1-4(2)5(10)11-3-6(7,8)9/h11-14H,2,4-9H2,1,3H3;6-10H,1,3-4H2,2H3;2,4-8H2,1,3H3;3-7H,1H2,2H3;1,3H2,2H3. The Morgan fingerprint density at radius 1 is 0.714 bits per heavy atom. The first-order valence-electron chi connectivity index (χ1n) is 24.4. The fourth-order valence-electron chi connectivity index (χ4n) is 11.3. The van der Waals surface area contributed by atoms with E-state index in [1.165, 1.54) is 58.8 Å². The van der Waals surface area contributed by atoms with Gasteiger partial charge in [0.25, 0.3) is 0 Å². The molecule has 1 saturated heterocycles. The highest BCUT2D eigenvalue weighted by Crippen LogP contribution is 2.61. The first-order valence-corrected chi connectivity index (χ1v) is 24.4. The van der Waals surface area contributed by atoms with Crippen molar-refractivity contribution in [1.82, 2.24) is 0 Å². The molecule has 15 heteroatoms. The third-order valence-electron chi connectivity index (χ3n) is 14.6. The number of alkyl halides is 3. The predicted molar refractivity (Wildman–Crippen MR) is 257 cm³/mol. The molecule has 0 aromatic heterocycles. The normalized spacial score (nSPS) is 28.4. The Bertz CT molecular complexity index is 2100. The van der Waals surface area contributed by atoms with Crippen LogP contribution in [-0.4, -0.2) is 72.0 Å². The van der Waals surface area contributed by atoms with Gasteiger partial charge in [-0.1, -0.05) is 65.0 Å². The number of hydrogen-bond donors (Lipinski definition) is 0. The topological polar surface area (TPSA) is 158 Å². The Kier molecular flexibility index (Phi) is 20.1. The molecule has 7 aliphatic carbocycles. The maximum Gasteiger partial charge on any atom is 0.422 e. The average molecular weight is 983 g/mol. The van der Waals surface area contributed by atoms with Gasteiger partial charge in [-0.15, -0.1) is 0 Å². The van der Waals surface area contributed by atoms with Crippen LogP contribution in [-0.2, 0) is 52.5 Å². The molecule has 7 saturated carbocycles. The van der Waals surface area contributed by atoms with Gasteiger partial charge in [-0.05, 0) is 153 Å². The van der Waals surface area contributed by atoms with Crippen LogP contribution in [0.15, 0.2) is 79.5 Å². The van der Waals surface area contributed by atoms with E-state index in [2.05, 4.69) is 51.5 Å². The molecule has 0 amide bonds. The molecule has 5 unspecified atom stereocenters. The van der Waals surface area contributed by atoms with Gasteiger partial charge in [0.1, 0.15) is 29.2 Å². The number of halogens is 3. The summed E-state index contributed by atoms with van der Waals surface area (Å²) < 4.78 is 64.9. The van der Waals surface area contributed by atoms with Gasteiger partial charge in [-0.25, -0.2) is 19.2 Å². The summed E-state index contributed by atoms with van der Waals surface area (Å²) >= 11 is 0. The van der Waals surface area contributed by atoms with E-state index in [1.54, 1.807) is 39.0 Å². The summed E-state index contributed by atoms with van der Waals surface area (Å²) in [6.07, 6.45) is 11.4. The molecule has 0 spiro atoms. The largest absolute Gasteiger partial charge is 0.458 e. The second-order valence-corrected chi connectivity index (χ2v) is 20.1. The zero-order valence-corrected chi connectivity index (χ0v) is 42.1. The Hall–Kier alpha value is -5.47. The summed E-state index contributed by atoms with van der Waals surface area (Å²) in [5, 5.41) is 0. The number of carbonyl (C=O) groups excluding carboxylic acids is 6. The zero-order chi connectivity index (χ0) is 52.3. The van der Waals surface area contributed by atoms with E-state index < -0.39 is 18.8 Å². The molecule has 1 aromatic rings. The van der Waals surface area contributed by atoms with Gasteiger partial charge in [-0.3, -0.25) is 9.59 Å². The lowest BCUT2D eigenvalue weighted by Crippen LogP contribution is -2.59. The highest BCUT2D eigenvalue weighted by Gasteiger charge is 2.63. The highest BCUT2D eigenvalue weighted by molar-refractivity contribution is 5.88. The van der Waals surface area contributed by atoms with Crippen LogP contribution in [0.25, 0.3) is 6.08 Å². The molecule has 0 radical (unpaired) electrons. The van der Waals surface area contributed by atoms with Gasteiger partial charge >= 0.3 is 42.0 Å². The minimum atomic E-state index is -4.47. The lowest BCUT2D eigenvalue weighted by Gasteiger charge is -2.60. The molecule has 12 nitrogen and oxygen atoms in total. The second kappa shape index (κ2) is 24.6. The minimum Gasteiger partial charge on any atom is -0.458 e. The summed E-state index contributed by atoms with van der Waals surface area (Å²) in [7, 11) is 0. The van der Waals surface area contributed by atoms with Crippen LogP contribution in [0.3, 0.4) is 0 Å². The number of fused-ring (bicyclic) bond motifs is 1. The van der Waals surface area contributed by atoms with E-state index in [4.69, 9.17) is 23.7 Å². The smallest absolute Gasteiger partial charge is 0.422 e. The van der Waals surface area contributed by atoms with Crippen molar-refractivity contribution in [2.24, 2.45) is 41.4 Å². The molecule has 8 fully saturated rings. The quantitative estimate of drug-likeness (QED) is 0.0846. The third kappa shape index (κ3) is 15.0. The molecular formula is C55H73F3O12. The molecule has 6 bridgehead atoms. The maximum atomic E-state index is 12.0. The van der Waals surface area contributed by atoms with Gasteiger partial charge in [0, 0.05) is 41.1 Å². The summed E-state index contributed by atoms with van der Waals surface area (Å²) in [6, 6.07) is 7.15. The summed E-state index contributed by atoms with van der Waals surface area (Å²) in [6.45, 7) is 28.0. The van der Waals surface area contributed by atoms with Gasteiger partial charge in [0.2, 0.25) is 0 Å². The predicted octanol–water partition coefficient (Wildman–Crippen LogP) is 11.5. The SMILES string of the molecule is C=C(C)C(=O)OC1(CC)C2CC3CC(C2)CC1C3.C=C(C)C(=O)OC1(CC)CCCC1.C=C(C)C(=O)OC1C2CC3C(=O)OC1C3C2.C=C(C)C(=O)OCC(F)(F)F.C=Cc1ccc(OC(C)=O)cc1. The number of benzene rings is 1. The molecule has 386 valence electrons. The van der Waals surface area contributed by atoms with Crippen LogP contribution < -0.4 is 4.74 Å². The van der Waals surface area contributed by atoms with E-state index in [9.17, 15) is 41.9 Å². The summed E-state index contributed by atoms with van der Waals surface area (Å²) in [5.41, 5.74) is 2.06. The monoisotopic (exact) mass is 983 g/mol. The molecular weight excluding hydrogens is 910 g/mol. The molecule has 1 aromatic carbocycles. The van der Waals surface area contributed by atoms with E-state index >= 15 is 0 Å². The summed E-state index contributed by atoms with van der Waals surface area (Å²) in [5.74, 6) is 2.04. The van der Waals surface area contributed by atoms with E-state index in [-0.39, 0.29) is 70.7 Å². The van der Waals surface area contributed by atoms with Crippen molar-refractivity contribution in [2.45, 2.75) is 162 Å². The Morgan fingerprint density at radius 2 is 1.23 bits per heavy atom. The van der Waals surface area contributed by atoms with Crippen molar-refractivity contribution in [3.63, 3.8) is 0 Å². The third-order valence-corrected chi connectivity index (χ3v) is 14.6. The molecule has 5 atom stereocenters. The molecule has 8 aliphatic rings. The van der Waals surface area contributed by atoms with Gasteiger partial charge in [0.05, 0.1) is 5.92 Å². The van der Waals surface area contributed by atoms with Crippen molar-refractivity contribution in [3.05, 3.63) is 85.0 Å². The van der Waals surface area contributed by atoms with E-state index in [0.29, 0.717) is 40.2 Å². The average Bonchev–Trinajstić information content (AvgIpc) is 4.07. The van der Waals surface area contributed by atoms with E-state index in [0.717, 1.165) is 55.9 Å². The van der Waals surface area contributed by atoms with Crippen LogP contribution in [0.2, 0.25) is 0 Å². The van der Waals surface area contributed by atoms with Crippen LogP contribution in [0.1, 0.15) is 138 Å². The Labute approximate surface area is 411 Å². The number of hydrogen-bond acceptors (Lipinski definition) is 12. The molecule has 1 aliphatic heterocycles. The fraction of sp³-hybridized carbons (Fsp3) is 0.600. The van der Waals surface area contributed by atoms with E-state index in [1.807, 2.05) is 12.1 Å².